The molecule has 0 aliphatic heterocycles. The summed E-state index contributed by atoms with van der Waals surface area (Å²) in [5.74, 6) is 0.0861. The molecule has 7 heteroatoms. The van der Waals surface area contributed by atoms with Crippen molar-refractivity contribution in [1.29, 1.82) is 0 Å². The lowest BCUT2D eigenvalue weighted by molar-refractivity contribution is -0.121. The van der Waals surface area contributed by atoms with E-state index in [1.807, 2.05) is 0 Å². The SMILES string of the molecule is CC(NC(=O)CBr)N[C@@H](CS)C(=O)CN. The van der Waals surface area contributed by atoms with Gasteiger partial charge in [-0.3, -0.25) is 14.9 Å². The number of ketones is 1. The second kappa shape index (κ2) is 8.09. The molecule has 0 aromatic rings. The summed E-state index contributed by atoms with van der Waals surface area (Å²) in [7, 11) is 0. The zero-order valence-electron chi connectivity index (χ0n) is 8.50. The fourth-order valence-corrected chi connectivity index (χ4v) is 1.48. The number of thiol groups is 1. The van der Waals surface area contributed by atoms with Crippen molar-refractivity contribution < 1.29 is 9.59 Å². The van der Waals surface area contributed by atoms with E-state index in [-0.39, 0.29) is 29.7 Å². The van der Waals surface area contributed by atoms with Crippen molar-refractivity contribution >= 4 is 40.2 Å². The normalized spacial score (nSPS) is 14.4. The van der Waals surface area contributed by atoms with E-state index in [2.05, 4.69) is 39.2 Å². The van der Waals surface area contributed by atoms with E-state index in [1.54, 1.807) is 6.92 Å². The lowest BCUT2D eigenvalue weighted by atomic mass is 10.2. The van der Waals surface area contributed by atoms with Gasteiger partial charge >= 0.3 is 0 Å². The minimum Gasteiger partial charge on any atom is -0.340 e. The van der Waals surface area contributed by atoms with Crippen molar-refractivity contribution in [2.24, 2.45) is 5.73 Å². The number of nitrogens with one attached hydrogen (secondary N) is 2. The minimum atomic E-state index is -0.427. The van der Waals surface area contributed by atoms with Crippen molar-refractivity contribution in [3.05, 3.63) is 0 Å². The van der Waals surface area contributed by atoms with Gasteiger partial charge in [-0.25, -0.2) is 0 Å². The Morgan fingerprint density at radius 2 is 2.13 bits per heavy atom. The van der Waals surface area contributed by atoms with Crippen LogP contribution in [-0.2, 0) is 9.59 Å². The van der Waals surface area contributed by atoms with E-state index in [0.29, 0.717) is 5.75 Å². The molecule has 0 bridgehead atoms. The molecule has 0 spiro atoms. The number of amides is 1. The van der Waals surface area contributed by atoms with Gasteiger partial charge in [-0.2, -0.15) is 12.6 Å². The molecule has 0 saturated carbocycles. The molecule has 15 heavy (non-hydrogen) atoms. The van der Waals surface area contributed by atoms with Gasteiger partial charge in [0.2, 0.25) is 5.91 Å². The van der Waals surface area contributed by atoms with Crippen LogP contribution >= 0.6 is 28.6 Å². The van der Waals surface area contributed by atoms with E-state index >= 15 is 0 Å². The number of carbonyl (C=O) groups excluding carboxylic acids is 2. The Balaban J connectivity index is 4.06. The van der Waals surface area contributed by atoms with Gasteiger partial charge in [0.05, 0.1) is 24.1 Å². The Hall–Kier alpha value is -0.110. The lowest BCUT2D eigenvalue weighted by Gasteiger charge is -2.21. The van der Waals surface area contributed by atoms with Crippen molar-refractivity contribution in [3.63, 3.8) is 0 Å². The highest BCUT2D eigenvalue weighted by molar-refractivity contribution is 9.09. The molecule has 0 aromatic heterocycles. The van der Waals surface area contributed by atoms with Gasteiger partial charge in [0.25, 0.3) is 0 Å². The van der Waals surface area contributed by atoms with Crippen molar-refractivity contribution in [3.8, 4) is 0 Å². The first-order chi connectivity index (χ1) is 7.04. The van der Waals surface area contributed by atoms with Crippen LogP contribution in [0.4, 0.5) is 0 Å². The van der Waals surface area contributed by atoms with Crippen LogP contribution in [0, 0.1) is 0 Å². The molecule has 0 saturated heterocycles. The Morgan fingerprint density at radius 3 is 2.53 bits per heavy atom. The fraction of sp³-hybridized carbons (Fsp3) is 0.750. The van der Waals surface area contributed by atoms with Crippen LogP contribution < -0.4 is 16.4 Å². The second-order valence-corrected chi connectivity index (χ2v) is 3.92. The first-order valence-electron chi connectivity index (χ1n) is 4.50. The predicted molar refractivity (Wildman–Crippen MR) is 66.2 cm³/mol. The summed E-state index contributed by atoms with van der Waals surface area (Å²) in [5, 5.41) is 5.80. The summed E-state index contributed by atoms with van der Waals surface area (Å²) in [5.41, 5.74) is 5.23. The Kier molecular flexibility index (Phi) is 8.03. The molecule has 0 aromatic carbocycles. The first-order valence-corrected chi connectivity index (χ1v) is 6.25. The third kappa shape index (κ3) is 6.14. The maximum absolute atomic E-state index is 11.3. The van der Waals surface area contributed by atoms with Gasteiger partial charge < -0.3 is 11.1 Å². The molecule has 88 valence electrons. The number of halogens is 1. The summed E-state index contributed by atoms with van der Waals surface area (Å²) in [6.07, 6.45) is -0.289. The molecular formula is C8H16BrN3O2S. The molecule has 5 nitrogen and oxygen atoms in total. The third-order valence-electron chi connectivity index (χ3n) is 1.72. The molecule has 0 aliphatic rings. The van der Waals surface area contributed by atoms with Crippen LogP contribution in [0.2, 0.25) is 0 Å². The standard InChI is InChI=1S/C8H16BrN3O2S/c1-5(12-8(14)2-9)11-6(4-15)7(13)3-10/h5-6,11,15H,2-4,10H2,1H3,(H,12,14)/t5?,6-/m0/s1. The topological polar surface area (TPSA) is 84.2 Å². The molecule has 0 rings (SSSR count). The van der Waals surface area contributed by atoms with E-state index < -0.39 is 6.04 Å². The van der Waals surface area contributed by atoms with E-state index in [4.69, 9.17) is 5.73 Å². The van der Waals surface area contributed by atoms with Crippen LogP contribution in [0.3, 0.4) is 0 Å². The van der Waals surface area contributed by atoms with Gasteiger partial charge in [0.1, 0.15) is 0 Å². The molecule has 1 amide bonds. The van der Waals surface area contributed by atoms with Crippen LogP contribution in [-0.4, -0.2) is 41.5 Å². The number of Topliss-reactive ketones (excluding diaryl/α,β-unsaturated/α-hetero) is 1. The zero-order chi connectivity index (χ0) is 11.8. The second-order valence-electron chi connectivity index (χ2n) is 3.00. The average molecular weight is 298 g/mol. The summed E-state index contributed by atoms with van der Waals surface area (Å²) in [6, 6.07) is -0.427. The third-order valence-corrected chi connectivity index (χ3v) is 2.60. The Labute approximate surface area is 103 Å². The summed E-state index contributed by atoms with van der Waals surface area (Å²) < 4.78 is 0. The summed E-state index contributed by atoms with van der Waals surface area (Å²) in [6.45, 7) is 1.72. The predicted octanol–water partition coefficient (Wildman–Crippen LogP) is -0.741. The largest absolute Gasteiger partial charge is 0.340 e. The van der Waals surface area contributed by atoms with E-state index in [9.17, 15) is 9.59 Å². The fourth-order valence-electron chi connectivity index (χ4n) is 1.01. The molecule has 0 fully saturated rings. The molecule has 0 aliphatic carbocycles. The number of nitrogens with two attached hydrogens (primary N) is 1. The van der Waals surface area contributed by atoms with Gasteiger partial charge in [0.15, 0.2) is 5.78 Å². The zero-order valence-corrected chi connectivity index (χ0v) is 11.0. The summed E-state index contributed by atoms with van der Waals surface area (Å²) >= 11 is 7.06. The molecule has 1 unspecified atom stereocenters. The monoisotopic (exact) mass is 297 g/mol. The van der Waals surface area contributed by atoms with Gasteiger partial charge in [-0.15, -0.1) is 0 Å². The molecule has 2 atom stereocenters. The van der Waals surface area contributed by atoms with Crippen LogP contribution in [0.25, 0.3) is 0 Å². The maximum atomic E-state index is 11.3. The van der Waals surface area contributed by atoms with Gasteiger partial charge in [-0.1, -0.05) is 15.9 Å². The quantitative estimate of drug-likeness (QED) is 0.283. The van der Waals surface area contributed by atoms with Crippen LogP contribution in [0.1, 0.15) is 6.92 Å². The van der Waals surface area contributed by atoms with E-state index in [0.717, 1.165) is 0 Å². The van der Waals surface area contributed by atoms with Gasteiger partial charge in [0, 0.05) is 5.75 Å². The number of carbonyl (C=O) groups is 2. The van der Waals surface area contributed by atoms with Crippen LogP contribution in [0.5, 0.6) is 0 Å². The number of alkyl halides is 1. The highest BCUT2D eigenvalue weighted by Crippen LogP contribution is 1.92. The first kappa shape index (κ1) is 14.9. The van der Waals surface area contributed by atoms with Crippen molar-refractivity contribution in [1.82, 2.24) is 10.6 Å². The molecular weight excluding hydrogens is 282 g/mol. The molecule has 0 heterocycles. The Morgan fingerprint density at radius 1 is 1.53 bits per heavy atom. The highest BCUT2D eigenvalue weighted by Gasteiger charge is 2.17. The minimum absolute atomic E-state index is 0.0304. The van der Waals surface area contributed by atoms with E-state index in [1.165, 1.54) is 0 Å². The Bertz CT molecular complexity index is 228. The highest BCUT2D eigenvalue weighted by atomic mass is 79.9. The van der Waals surface area contributed by atoms with Crippen LogP contribution in [0.15, 0.2) is 0 Å². The number of rotatable bonds is 7. The van der Waals surface area contributed by atoms with Crippen molar-refractivity contribution in [2.45, 2.75) is 19.1 Å². The number of hydrogen-bond donors (Lipinski definition) is 4. The van der Waals surface area contributed by atoms with Crippen molar-refractivity contribution in [2.75, 3.05) is 17.6 Å². The number of hydrogen-bond acceptors (Lipinski definition) is 5. The molecule has 0 radical (unpaired) electrons. The van der Waals surface area contributed by atoms with Gasteiger partial charge in [-0.05, 0) is 6.92 Å². The summed E-state index contributed by atoms with van der Waals surface area (Å²) in [4.78, 5) is 22.3. The maximum Gasteiger partial charge on any atom is 0.231 e. The average Bonchev–Trinajstić information content (AvgIpc) is 2.24. The smallest absolute Gasteiger partial charge is 0.231 e. The molecule has 4 N–H and O–H groups in total. The lowest BCUT2D eigenvalue weighted by Crippen LogP contribution is -2.52.